The first-order valence-corrected chi connectivity index (χ1v) is 10.5. The standard InChI is InChI=1S/C26H21ClN2O5/c1-32-20-10-8-18(9-11-20)26(31)19(15-28)13-17-7-12-23(24(14-17)33-2)34-16-25(30)29-22-6-4-3-5-21(22)27/h3-14H,16H2,1-2H3,(H,29,30)/b19-13+. The van der Waals surface area contributed by atoms with Crippen LogP contribution in [0.2, 0.25) is 5.02 Å². The molecule has 0 aliphatic rings. The third-order valence-corrected chi connectivity index (χ3v) is 5.05. The number of anilines is 1. The summed E-state index contributed by atoms with van der Waals surface area (Å²) < 4.78 is 16.0. The number of hydrogen-bond donors (Lipinski definition) is 1. The Hall–Kier alpha value is -4.28. The molecule has 0 radical (unpaired) electrons. The zero-order chi connectivity index (χ0) is 24.5. The summed E-state index contributed by atoms with van der Waals surface area (Å²) in [6, 6.07) is 20.2. The van der Waals surface area contributed by atoms with Gasteiger partial charge in [-0.25, -0.2) is 0 Å². The molecule has 8 heteroatoms. The number of Topliss-reactive ketones (excluding diaryl/α,β-unsaturated/α-hetero) is 1. The number of halogens is 1. The van der Waals surface area contributed by atoms with E-state index >= 15 is 0 Å². The summed E-state index contributed by atoms with van der Waals surface area (Å²) in [7, 11) is 2.98. The number of rotatable bonds is 9. The number of nitriles is 1. The number of ether oxygens (including phenoxy) is 3. The van der Waals surface area contributed by atoms with Gasteiger partial charge < -0.3 is 19.5 Å². The van der Waals surface area contributed by atoms with Crippen molar-refractivity contribution in [1.29, 1.82) is 5.26 Å². The fourth-order valence-electron chi connectivity index (χ4n) is 3.00. The van der Waals surface area contributed by atoms with E-state index in [1.807, 2.05) is 6.07 Å². The predicted octanol–water partition coefficient (Wildman–Crippen LogP) is 5.16. The number of amides is 1. The zero-order valence-corrected chi connectivity index (χ0v) is 19.3. The summed E-state index contributed by atoms with van der Waals surface area (Å²) in [6.45, 7) is -0.268. The van der Waals surface area contributed by atoms with E-state index in [9.17, 15) is 14.9 Å². The number of ketones is 1. The Morgan fingerprint density at radius 2 is 1.74 bits per heavy atom. The zero-order valence-electron chi connectivity index (χ0n) is 18.5. The molecule has 1 N–H and O–H groups in total. The summed E-state index contributed by atoms with van der Waals surface area (Å²) in [4.78, 5) is 24.9. The highest BCUT2D eigenvalue weighted by molar-refractivity contribution is 6.33. The summed E-state index contributed by atoms with van der Waals surface area (Å²) in [5, 5.41) is 12.6. The van der Waals surface area contributed by atoms with Crippen molar-refractivity contribution < 1.29 is 23.8 Å². The molecule has 3 rings (SSSR count). The molecule has 0 heterocycles. The summed E-state index contributed by atoms with van der Waals surface area (Å²) in [6.07, 6.45) is 1.46. The van der Waals surface area contributed by atoms with E-state index in [1.165, 1.54) is 20.3 Å². The maximum absolute atomic E-state index is 12.7. The molecule has 0 saturated carbocycles. The van der Waals surface area contributed by atoms with Crippen LogP contribution in [-0.4, -0.2) is 32.5 Å². The Morgan fingerprint density at radius 3 is 2.38 bits per heavy atom. The molecule has 34 heavy (non-hydrogen) atoms. The molecule has 0 bridgehead atoms. The quantitative estimate of drug-likeness (QED) is 0.260. The Balaban J connectivity index is 1.72. The number of allylic oxidation sites excluding steroid dienone is 1. The Bertz CT molecular complexity index is 1260. The number of benzene rings is 3. The highest BCUT2D eigenvalue weighted by Crippen LogP contribution is 2.29. The van der Waals surface area contributed by atoms with Gasteiger partial charge in [0.2, 0.25) is 5.78 Å². The van der Waals surface area contributed by atoms with Crippen LogP contribution >= 0.6 is 11.6 Å². The van der Waals surface area contributed by atoms with Gasteiger partial charge >= 0.3 is 0 Å². The molecule has 0 fully saturated rings. The Labute approximate surface area is 202 Å². The molecule has 0 aliphatic heterocycles. The molecular formula is C26H21ClN2O5. The van der Waals surface area contributed by atoms with Gasteiger partial charge in [0.25, 0.3) is 5.91 Å². The van der Waals surface area contributed by atoms with Gasteiger partial charge in [0.1, 0.15) is 17.4 Å². The summed E-state index contributed by atoms with van der Waals surface area (Å²) in [5.41, 5.74) is 1.36. The van der Waals surface area contributed by atoms with Crippen LogP contribution < -0.4 is 19.5 Å². The molecule has 7 nitrogen and oxygen atoms in total. The number of carbonyl (C=O) groups excluding carboxylic acids is 2. The van der Waals surface area contributed by atoms with Crippen molar-refractivity contribution in [3.05, 3.63) is 88.5 Å². The first-order valence-electron chi connectivity index (χ1n) is 10.1. The third-order valence-electron chi connectivity index (χ3n) is 4.72. The second kappa shape index (κ2) is 11.5. The van der Waals surface area contributed by atoms with E-state index in [0.29, 0.717) is 39.1 Å². The van der Waals surface area contributed by atoms with Crippen LogP contribution in [0, 0.1) is 11.3 Å². The van der Waals surface area contributed by atoms with E-state index < -0.39 is 11.7 Å². The van der Waals surface area contributed by atoms with Crippen molar-refractivity contribution in [1.82, 2.24) is 0 Å². The molecule has 1 amide bonds. The SMILES string of the molecule is COc1ccc(C(=O)/C(C#N)=C/c2ccc(OCC(=O)Nc3ccccc3Cl)c(OC)c2)cc1. The van der Waals surface area contributed by atoms with Gasteiger partial charge in [-0.3, -0.25) is 9.59 Å². The van der Waals surface area contributed by atoms with Crippen molar-refractivity contribution >= 4 is 35.1 Å². The molecule has 0 aromatic heterocycles. The van der Waals surface area contributed by atoms with Crippen LogP contribution in [0.1, 0.15) is 15.9 Å². The molecule has 0 unspecified atom stereocenters. The van der Waals surface area contributed by atoms with Gasteiger partial charge in [0.05, 0.1) is 24.9 Å². The predicted molar refractivity (Wildman–Crippen MR) is 129 cm³/mol. The lowest BCUT2D eigenvalue weighted by molar-refractivity contribution is -0.118. The van der Waals surface area contributed by atoms with E-state index in [1.54, 1.807) is 66.7 Å². The molecule has 0 atom stereocenters. The van der Waals surface area contributed by atoms with Crippen LogP contribution in [0.4, 0.5) is 5.69 Å². The van der Waals surface area contributed by atoms with E-state index in [0.717, 1.165) is 0 Å². The molecular weight excluding hydrogens is 456 g/mol. The lowest BCUT2D eigenvalue weighted by Crippen LogP contribution is -2.20. The van der Waals surface area contributed by atoms with Gasteiger partial charge in [-0.05, 0) is 60.2 Å². The molecule has 0 saturated heterocycles. The minimum Gasteiger partial charge on any atom is -0.497 e. The maximum atomic E-state index is 12.7. The van der Waals surface area contributed by atoms with Gasteiger partial charge in [0.15, 0.2) is 18.1 Å². The largest absolute Gasteiger partial charge is 0.497 e. The first kappa shape index (κ1) is 24.4. The second-order valence-corrected chi connectivity index (χ2v) is 7.36. The van der Waals surface area contributed by atoms with Crippen molar-refractivity contribution in [2.45, 2.75) is 0 Å². The van der Waals surface area contributed by atoms with Crippen molar-refractivity contribution in [2.75, 3.05) is 26.1 Å². The van der Waals surface area contributed by atoms with Crippen molar-refractivity contribution in [3.8, 4) is 23.3 Å². The Morgan fingerprint density at radius 1 is 1.00 bits per heavy atom. The van der Waals surface area contributed by atoms with Crippen LogP contribution in [0.5, 0.6) is 17.2 Å². The fraction of sp³-hybridized carbons (Fsp3) is 0.115. The van der Waals surface area contributed by atoms with Gasteiger partial charge in [-0.1, -0.05) is 29.8 Å². The molecule has 3 aromatic rings. The smallest absolute Gasteiger partial charge is 0.262 e. The minimum absolute atomic E-state index is 0.0417. The highest BCUT2D eigenvalue weighted by Gasteiger charge is 2.14. The number of nitrogens with zero attached hydrogens (tertiary/aromatic N) is 1. The lowest BCUT2D eigenvalue weighted by atomic mass is 10.0. The van der Waals surface area contributed by atoms with Crippen LogP contribution in [0.3, 0.4) is 0 Å². The van der Waals surface area contributed by atoms with Crippen LogP contribution in [0.25, 0.3) is 6.08 Å². The maximum Gasteiger partial charge on any atom is 0.262 e. The molecule has 172 valence electrons. The average molecular weight is 477 g/mol. The first-order chi connectivity index (χ1) is 16.4. The summed E-state index contributed by atoms with van der Waals surface area (Å²) >= 11 is 6.05. The highest BCUT2D eigenvalue weighted by atomic mass is 35.5. The van der Waals surface area contributed by atoms with Gasteiger partial charge in [0, 0.05) is 5.56 Å². The number of hydrogen-bond acceptors (Lipinski definition) is 6. The lowest BCUT2D eigenvalue weighted by Gasteiger charge is -2.12. The topological polar surface area (TPSA) is 97.7 Å². The monoisotopic (exact) mass is 476 g/mol. The normalized spacial score (nSPS) is 10.7. The van der Waals surface area contributed by atoms with E-state index in [2.05, 4.69) is 5.32 Å². The molecule has 0 aliphatic carbocycles. The van der Waals surface area contributed by atoms with Crippen LogP contribution in [0.15, 0.2) is 72.3 Å². The summed E-state index contributed by atoms with van der Waals surface area (Å²) in [5.74, 6) is 0.471. The van der Waals surface area contributed by atoms with Gasteiger partial charge in [-0.15, -0.1) is 0 Å². The van der Waals surface area contributed by atoms with E-state index in [4.69, 9.17) is 25.8 Å². The van der Waals surface area contributed by atoms with E-state index in [-0.39, 0.29) is 12.2 Å². The molecule has 3 aromatic carbocycles. The number of nitrogens with one attached hydrogen (secondary N) is 1. The number of methoxy groups -OCH3 is 2. The van der Waals surface area contributed by atoms with Crippen molar-refractivity contribution in [2.24, 2.45) is 0 Å². The minimum atomic E-state index is -0.416. The number of carbonyl (C=O) groups is 2. The fourth-order valence-corrected chi connectivity index (χ4v) is 3.18. The number of para-hydroxylation sites is 1. The Kier molecular flexibility index (Phi) is 8.27. The van der Waals surface area contributed by atoms with Crippen molar-refractivity contribution in [3.63, 3.8) is 0 Å². The average Bonchev–Trinajstić information content (AvgIpc) is 2.87. The third kappa shape index (κ3) is 6.15. The second-order valence-electron chi connectivity index (χ2n) is 6.95. The molecule has 0 spiro atoms. The van der Waals surface area contributed by atoms with Crippen LogP contribution in [-0.2, 0) is 4.79 Å². The van der Waals surface area contributed by atoms with Gasteiger partial charge in [-0.2, -0.15) is 5.26 Å².